The van der Waals surface area contributed by atoms with Crippen LogP contribution in [0.2, 0.25) is 0 Å². The van der Waals surface area contributed by atoms with E-state index in [-0.39, 0.29) is 11.9 Å². The molecule has 0 radical (unpaired) electrons. The molecule has 0 saturated carbocycles. The zero-order valence-corrected chi connectivity index (χ0v) is 21.2. The number of ether oxygens (including phenoxy) is 2. The number of rotatable bonds is 4. The summed E-state index contributed by atoms with van der Waals surface area (Å²) in [6, 6.07) is 8.74. The standard InChI is InChI=1S/C25H31F2N7O3/c1-25(2,3)37-24(35)33-10-8-32(9-11-33)23-29-19(31-12-14-36-15-13-31)16-20(30-23)34-18-7-5-4-6-17(18)28-22(34)21(26)27/h4-7,16,21H,8-15H2,1-3H3. The summed E-state index contributed by atoms with van der Waals surface area (Å²) in [7, 11) is 0. The van der Waals surface area contributed by atoms with Crippen LogP contribution in [0.4, 0.5) is 25.3 Å². The van der Waals surface area contributed by atoms with E-state index in [2.05, 4.69) is 9.88 Å². The highest BCUT2D eigenvalue weighted by atomic mass is 19.3. The van der Waals surface area contributed by atoms with E-state index in [4.69, 9.17) is 19.4 Å². The van der Waals surface area contributed by atoms with Gasteiger partial charge in [-0.1, -0.05) is 12.1 Å². The second-order valence-corrected chi connectivity index (χ2v) is 10.0. The number of carbonyl (C=O) groups excluding carboxylic acids is 1. The molecule has 3 aromatic rings. The highest BCUT2D eigenvalue weighted by Crippen LogP contribution is 2.30. The number of alkyl halides is 2. The molecule has 2 aromatic heterocycles. The van der Waals surface area contributed by atoms with Crippen molar-refractivity contribution in [1.82, 2.24) is 24.4 Å². The molecule has 2 aliphatic rings. The van der Waals surface area contributed by atoms with E-state index in [9.17, 15) is 13.6 Å². The van der Waals surface area contributed by atoms with Gasteiger partial charge in [0.05, 0.1) is 24.2 Å². The Morgan fingerprint density at radius 1 is 0.946 bits per heavy atom. The molecule has 5 rings (SSSR count). The van der Waals surface area contributed by atoms with Crippen LogP contribution in [-0.4, -0.2) is 88.6 Å². The molecule has 0 unspecified atom stereocenters. The van der Waals surface area contributed by atoms with Gasteiger partial charge < -0.3 is 24.2 Å². The van der Waals surface area contributed by atoms with E-state index in [1.807, 2.05) is 25.7 Å². The van der Waals surface area contributed by atoms with Crippen molar-refractivity contribution < 1.29 is 23.0 Å². The zero-order chi connectivity index (χ0) is 26.2. The van der Waals surface area contributed by atoms with Crippen LogP contribution in [0.15, 0.2) is 30.3 Å². The van der Waals surface area contributed by atoms with Crippen molar-refractivity contribution in [2.45, 2.75) is 32.8 Å². The van der Waals surface area contributed by atoms with Crippen LogP contribution in [0.3, 0.4) is 0 Å². The third-order valence-corrected chi connectivity index (χ3v) is 6.25. The number of fused-ring (bicyclic) bond motifs is 1. The maximum Gasteiger partial charge on any atom is 0.410 e. The number of carbonyl (C=O) groups is 1. The number of nitrogens with zero attached hydrogens (tertiary/aromatic N) is 7. The fraction of sp³-hybridized carbons (Fsp3) is 0.520. The maximum absolute atomic E-state index is 14.1. The quantitative estimate of drug-likeness (QED) is 0.521. The number of amides is 1. The topological polar surface area (TPSA) is 88.9 Å². The van der Waals surface area contributed by atoms with Crippen LogP contribution in [0.1, 0.15) is 33.0 Å². The van der Waals surface area contributed by atoms with Crippen molar-refractivity contribution in [3.63, 3.8) is 0 Å². The molecule has 198 valence electrons. The summed E-state index contributed by atoms with van der Waals surface area (Å²) in [5.41, 5.74) is 0.441. The Kier molecular flexibility index (Phi) is 6.84. The minimum Gasteiger partial charge on any atom is -0.444 e. The van der Waals surface area contributed by atoms with E-state index in [0.29, 0.717) is 81.1 Å². The largest absolute Gasteiger partial charge is 0.444 e. The number of imidazole rings is 1. The normalized spacial score (nSPS) is 17.1. The summed E-state index contributed by atoms with van der Waals surface area (Å²) in [6.45, 7) is 9.72. The van der Waals surface area contributed by atoms with Gasteiger partial charge in [0.15, 0.2) is 5.82 Å². The van der Waals surface area contributed by atoms with E-state index in [1.54, 1.807) is 35.2 Å². The van der Waals surface area contributed by atoms with Gasteiger partial charge in [-0.25, -0.2) is 18.6 Å². The first-order chi connectivity index (χ1) is 17.7. The Labute approximate surface area is 213 Å². The van der Waals surface area contributed by atoms with Gasteiger partial charge in [-0.05, 0) is 32.9 Å². The van der Waals surface area contributed by atoms with Crippen LogP contribution in [0.5, 0.6) is 0 Å². The molecular formula is C25H31F2N7O3. The Morgan fingerprint density at radius 3 is 2.30 bits per heavy atom. The van der Waals surface area contributed by atoms with Gasteiger partial charge in [-0.15, -0.1) is 0 Å². The van der Waals surface area contributed by atoms with Crippen LogP contribution >= 0.6 is 0 Å². The van der Waals surface area contributed by atoms with E-state index < -0.39 is 12.0 Å². The van der Waals surface area contributed by atoms with Crippen molar-refractivity contribution in [3.05, 3.63) is 36.2 Å². The number of aromatic nitrogens is 4. The molecule has 0 bridgehead atoms. The summed E-state index contributed by atoms with van der Waals surface area (Å²) < 4.78 is 40.6. The first kappa shape index (κ1) is 25.1. The zero-order valence-electron chi connectivity index (χ0n) is 21.2. The van der Waals surface area contributed by atoms with Gasteiger partial charge >= 0.3 is 6.09 Å². The third-order valence-electron chi connectivity index (χ3n) is 6.25. The molecule has 0 atom stereocenters. The average molecular weight is 516 g/mol. The lowest BCUT2D eigenvalue weighted by atomic mass is 10.2. The molecule has 1 amide bonds. The molecule has 0 N–H and O–H groups in total. The highest BCUT2D eigenvalue weighted by molar-refractivity contribution is 5.78. The number of piperazine rings is 1. The van der Waals surface area contributed by atoms with Crippen molar-refractivity contribution >= 4 is 28.9 Å². The third kappa shape index (κ3) is 5.43. The molecule has 12 heteroatoms. The minimum absolute atomic E-state index is 0.324. The van der Waals surface area contributed by atoms with E-state index in [1.165, 1.54) is 4.57 Å². The number of benzene rings is 1. The van der Waals surface area contributed by atoms with Crippen LogP contribution < -0.4 is 9.80 Å². The molecule has 2 saturated heterocycles. The first-order valence-corrected chi connectivity index (χ1v) is 12.4. The van der Waals surface area contributed by atoms with E-state index >= 15 is 0 Å². The van der Waals surface area contributed by atoms with Gasteiger partial charge in [0, 0.05) is 45.3 Å². The van der Waals surface area contributed by atoms with Crippen molar-refractivity contribution in [2.24, 2.45) is 0 Å². The van der Waals surface area contributed by atoms with Gasteiger partial charge in [0.25, 0.3) is 6.43 Å². The summed E-state index contributed by atoms with van der Waals surface area (Å²) >= 11 is 0. The number of hydrogen-bond acceptors (Lipinski definition) is 8. The van der Waals surface area contributed by atoms with Crippen LogP contribution in [0.25, 0.3) is 16.9 Å². The van der Waals surface area contributed by atoms with Crippen LogP contribution in [0, 0.1) is 0 Å². The first-order valence-electron chi connectivity index (χ1n) is 12.4. The fourth-order valence-corrected chi connectivity index (χ4v) is 4.47. The van der Waals surface area contributed by atoms with E-state index in [0.717, 1.165) is 0 Å². The molecule has 4 heterocycles. The predicted octanol–water partition coefficient (Wildman–Crippen LogP) is 3.65. The Morgan fingerprint density at radius 2 is 1.62 bits per heavy atom. The lowest BCUT2D eigenvalue weighted by Crippen LogP contribution is -2.50. The smallest absolute Gasteiger partial charge is 0.410 e. The molecule has 2 fully saturated rings. The number of hydrogen-bond donors (Lipinski definition) is 0. The second-order valence-electron chi connectivity index (χ2n) is 10.0. The number of morpholine rings is 1. The predicted molar refractivity (Wildman–Crippen MR) is 135 cm³/mol. The minimum atomic E-state index is -2.78. The molecule has 2 aliphatic heterocycles. The highest BCUT2D eigenvalue weighted by Gasteiger charge is 2.29. The number of para-hydroxylation sites is 2. The van der Waals surface area contributed by atoms with Gasteiger partial charge in [-0.3, -0.25) is 4.57 Å². The number of halogens is 2. The molecule has 1 aromatic carbocycles. The fourth-order valence-electron chi connectivity index (χ4n) is 4.47. The van der Waals surface area contributed by atoms with Crippen molar-refractivity contribution in [1.29, 1.82) is 0 Å². The van der Waals surface area contributed by atoms with Gasteiger partial charge in [0.2, 0.25) is 5.95 Å². The lowest BCUT2D eigenvalue weighted by molar-refractivity contribution is 0.0240. The van der Waals surface area contributed by atoms with Gasteiger partial charge in [-0.2, -0.15) is 9.97 Å². The molecule has 10 nitrogen and oxygen atoms in total. The monoisotopic (exact) mass is 515 g/mol. The van der Waals surface area contributed by atoms with Gasteiger partial charge in [0.1, 0.15) is 17.2 Å². The van der Waals surface area contributed by atoms with Crippen molar-refractivity contribution in [2.75, 3.05) is 62.3 Å². The summed E-state index contributed by atoms with van der Waals surface area (Å²) in [6.07, 6.45) is -3.14. The average Bonchev–Trinajstić information content (AvgIpc) is 3.28. The summed E-state index contributed by atoms with van der Waals surface area (Å²) in [5.74, 6) is 1.01. The SMILES string of the molecule is CC(C)(C)OC(=O)N1CCN(c2nc(N3CCOCC3)cc(-n3c(C(F)F)nc4ccccc43)n2)CC1. The summed E-state index contributed by atoms with van der Waals surface area (Å²) in [4.78, 5) is 31.9. The Bertz CT molecular complexity index is 1260. The lowest BCUT2D eigenvalue weighted by Gasteiger charge is -2.36. The molecule has 0 spiro atoms. The second kappa shape index (κ2) is 10.1. The molecule has 0 aliphatic carbocycles. The Hall–Kier alpha value is -3.54. The summed E-state index contributed by atoms with van der Waals surface area (Å²) in [5, 5.41) is 0. The molecular weight excluding hydrogens is 484 g/mol. The van der Waals surface area contributed by atoms with Crippen LogP contribution in [-0.2, 0) is 9.47 Å². The van der Waals surface area contributed by atoms with Crippen molar-refractivity contribution in [3.8, 4) is 5.82 Å². The molecule has 37 heavy (non-hydrogen) atoms. The number of anilines is 2. The Balaban J connectivity index is 1.50. The maximum atomic E-state index is 14.1.